The molecule has 2 N–H and O–H groups in total. The Balaban J connectivity index is 1.66. The highest BCUT2D eigenvalue weighted by Crippen LogP contribution is 2.37. The van der Waals surface area contributed by atoms with Gasteiger partial charge in [0.2, 0.25) is 0 Å². The predicted octanol–water partition coefficient (Wildman–Crippen LogP) is 4.26. The molecular formula is C19H19N3O2. The molecule has 1 aliphatic rings. The van der Waals surface area contributed by atoms with Gasteiger partial charge in [0.05, 0.1) is 11.1 Å². The third-order valence-electron chi connectivity index (χ3n) is 4.46. The van der Waals surface area contributed by atoms with E-state index in [9.17, 15) is 0 Å². The first-order valence-corrected chi connectivity index (χ1v) is 8.20. The molecule has 0 bridgehead atoms. The van der Waals surface area contributed by atoms with Crippen molar-refractivity contribution in [2.45, 2.75) is 31.2 Å². The topological polar surface area (TPSA) is 74.2 Å². The zero-order chi connectivity index (χ0) is 16.4. The lowest BCUT2D eigenvalue weighted by molar-refractivity contribution is 0.372. The van der Waals surface area contributed by atoms with Gasteiger partial charge in [-0.25, -0.2) is 0 Å². The fraction of sp³-hybridized carbons (Fsp3) is 0.263. The highest BCUT2D eigenvalue weighted by atomic mass is 16.5. The van der Waals surface area contributed by atoms with Crippen LogP contribution in [0.1, 0.15) is 31.5 Å². The van der Waals surface area contributed by atoms with Crippen LogP contribution in [0.25, 0.3) is 11.5 Å². The number of benzene rings is 2. The lowest BCUT2D eigenvalue weighted by Crippen LogP contribution is -2.34. The average molecular weight is 321 g/mol. The monoisotopic (exact) mass is 321 g/mol. The van der Waals surface area contributed by atoms with Crippen molar-refractivity contribution in [2.75, 3.05) is 0 Å². The number of para-hydroxylation sites is 2. The fourth-order valence-electron chi connectivity index (χ4n) is 3.11. The molecule has 0 saturated heterocycles. The number of hydrogen-bond acceptors (Lipinski definition) is 5. The van der Waals surface area contributed by atoms with Crippen molar-refractivity contribution < 1.29 is 9.26 Å². The molecule has 1 fully saturated rings. The summed E-state index contributed by atoms with van der Waals surface area (Å²) in [4.78, 5) is 4.55. The van der Waals surface area contributed by atoms with E-state index in [0.29, 0.717) is 17.5 Å². The van der Waals surface area contributed by atoms with Crippen molar-refractivity contribution in [3.05, 3.63) is 60.4 Å². The molecule has 24 heavy (non-hydrogen) atoms. The second kappa shape index (κ2) is 6.09. The van der Waals surface area contributed by atoms with E-state index >= 15 is 0 Å². The summed E-state index contributed by atoms with van der Waals surface area (Å²) in [6.07, 6.45) is 4.00. The lowest BCUT2D eigenvalue weighted by Gasteiger charge is -2.17. The molecule has 1 aromatic heterocycles. The van der Waals surface area contributed by atoms with Gasteiger partial charge < -0.3 is 15.0 Å². The van der Waals surface area contributed by atoms with E-state index < -0.39 is 5.54 Å². The van der Waals surface area contributed by atoms with E-state index in [4.69, 9.17) is 15.0 Å². The van der Waals surface area contributed by atoms with Gasteiger partial charge in [-0.1, -0.05) is 48.3 Å². The average Bonchev–Trinajstić information content (AvgIpc) is 3.27. The van der Waals surface area contributed by atoms with E-state index in [1.807, 2.05) is 54.6 Å². The van der Waals surface area contributed by atoms with Gasteiger partial charge in [0.15, 0.2) is 5.82 Å². The van der Waals surface area contributed by atoms with Crippen LogP contribution in [0.3, 0.4) is 0 Å². The Kier molecular flexibility index (Phi) is 3.78. The van der Waals surface area contributed by atoms with Crippen LogP contribution < -0.4 is 10.5 Å². The van der Waals surface area contributed by atoms with E-state index in [0.717, 1.165) is 37.0 Å². The second-order valence-corrected chi connectivity index (χ2v) is 6.20. The van der Waals surface area contributed by atoms with Gasteiger partial charge in [0.25, 0.3) is 5.89 Å². The molecule has 2 aromatic carbocycles. The third-order valence-corrected chi connectivity index (χ3v) is 4.46. The minimum atomic E-state index is -0.461. The first-order valence-electron chi connectivity index (χ1n) is 8.20. The summed E-state index contributed by atoms with van der Waals surface area (Å²) in [6.45, 7) is 0. The van der Waals surface area contributed by atoms with E-state index in [1.165, 1.54) is 0 Å². The molecule has 0 atom stereocenters. The van der Waals surface area contributed by atoms with E-state index in [2.05, 4.69) is 10.1 Å². The van der Waals surface area contributed by atoms with Crippen molar-refractivity contribution >= 4 is 0 Å². The van der Waals surface area contributed by atoms with Gasteiger partial charge in [-0.3, -0.25) is 0 Å². The Labute approximate surface area is 140 Å². The SMILES string of the molecule is NC1(c2noc(-c3ccccc3Oc3ccccc3)n2)CCCC1. The summed E-state index contributed by atoms with van der Waals surface area (Å²) >= 11 is 0. The Morgan fingerprint density at radius 2 is 1.67 bits per heavy atom. The van der Waals surface area contributed by atoms with Gasteiger partial charge in [0.1, 0.15) is 11.5 Å². The molecular weight excluding hydrogens is 302 g/mol. The first kappa shape index (κ1) is 14.9. The largest absolute Gasteiger partial charge is 0.457 e. The van der Waals surface area contributed by atoms with Crippen LogP contribution in [0.4, 0.5) is 0 Å². The van der Waals surface area contributed by atoms with Gasteiger partial charge in [-0.05, 0) is 37.1 Å². The number of hydrogen-bond donors (Lipinski definition) is 1. The molecule has 1 heterocycles. The van der Waals surface area contributed by atoms with Crippen LogP contribution in [0, 0.1) is 0 Å². The van der Waals surface area contributed by atoms with Crippen LogP contribution in [-0.2, 0) is 5.54 Å². The maximum Gasteiger partial charge on any atom is 0.261 e. The quantitative estimate of drug-likeness (QED) is 0.777. The number of aromatic nitrogens is 2. The number of ether oxygens (including phenoxy) is 1. The maximum absolute atomic E-state index is 6.42. The van der Waals surface area contributed by atoms with Gasteiger partial charge in [0, 0.05) is 0 Å². The summed E-state index contributed by atoms with van der Waals surface area (Å²) in [7, 11) is 0. The van der Waals surface area contributed by atoms with Crippen molar-refractivity contribution in [3.63, 3.8) is 0 Å². The minimum Gasteiger partial charge on any atom is -0.457 e. The van der Waals surface area contributed by atoms with Gasteiger partial charge >= 0.3 is 0 Å². The highest BCUT2D eigenvalue weighted by Gasteiger charge is 2.36. The molecule has 0 radical (unpaired) electrons. The van der Waals surface area contributed by atoms with Crippen LogP contribution in [0.15, 0.2) is 59.1 Å². The molecule has 3 aromatic rings. The standard InChI is InChI=1S/C19H19N3O2/c20-19(12-6-7-13-19)18-21-17(24-22-18)15-10-4-5-11-16(15)23-14-8-2-1-3-9-14/h1-5,8-11H,6-7,12-13,20H2. The molecule has 0 aliphatic heterocycles. The van der Waals surface area contributed by atoms with Crippen LogP contribution in [0.2, 0.25) is 0 Å². The van der Waals surface area contributed by atoms with Crippen LogP contribution in [0.5, 0.6) is 11.5 Å². The number of nitrogens with zero attached hydrogens (tertiary/aromatic N) is 2. The lowest BCUT2D eigenvalue weighted by atomic mass is 9.99. The van der Waals surface area contributed by atoms with E-state index in [-0.39, 0.29) is 0 Å². The van der Waals surface area contributed by atoms with Crippen molar-refractivity contribution in [3.8, 4) is 23.0 Å². The van der Waals surface area contributed by atoms with Crippen molar-refractivity contribution in [1.29, 1.82) is 0 Å². The van der Waals surface area contributed by atoms with Gasteiger partial charge in [-0.15, -0.1) is 0 Å². The molecule has 0 amide bonds. The molecule has 5 heteroatoms. The number of rotatable bonds is 4. The summed E-state index contributed by atoms with van der Waals surface area (Å²) in [6, 6.07) is 17.3. The Morgan fingerprint density at radius 3 is 2.46 bits per heavy atom. The molecule has 4 rings (SSSR count). The molecule has 1 aliphatic carbocycles. The molecule has 122 valence electrons. The van der Waals surface area contributed by atoms with E-state index in [1.54, 1.807) is 0 Å². The molecule has 0 unspecified atom stereocenters. The summed E-state index contributed by atoms with van der Waals surface area (Å²) in [5.74, 6) is 2.46. The third kappa shape index (κ3) is 2.78. The summed E-state index contributed by atoms with van der Waals surface area (Å²) < 4.78 is 11.5. The summed E-state index contributed by atoms with van der Waals surface area (Å²) in [5, 5.41) is 4.13. The predicted molar refractivity (Wildman–Crippen MR) is 90.6 cm³/mol. The molecule has 1 saturated carbocycles. The highest BCUT2D eigenvalue weighted by molar-refractivity contribution is 5.63. The normalized spacial score (nSPS) is 16.2. The smallest absolute Gasteiger partial charge is 0.261 e. The summed E-state index contributed by atoms with van der Waals surface area (Å²) in [5.41, 5.74) is 6.72. The zero-order valence-corrected chi connectivity index (χ0v) is 13.3. The Morgan fingerprint density at radius 1 is 0.958 bits per heavy atom. The fourth-order valence-corrected chi connectivity index (χ4v) is 3.11. The Bertz CT molecular complexity index is 823. The van der Waals surface area contributed by atoms with Crippen LogP contribution >= 0.6 is 0 Å². The molecule has 5 nitrogen and oxygen atoms in total. The van der Waals surface area contributed by atoms with Crippen molar-refractivity contribution in [1.82, 2.24) is 10.1 Å². The Hall–Kier alpha value is -2.66. The first-order chi connectivity index (χ1) is 11.7. The van der Waals surface area contributed by atoms with Crippen molar-refractivity contribution in [2.24, 2.45) is 5.73 Å². The minimum absolute atomic E-state index is 0.438. The van der Waals surface area contributed by atoms with Gasteiger partial charge in [-0.2, -0.15) is 4.98 Å². The zero-order valence-electron chi connectivity index (χ0n) is 13.3. The maximum atomic E-state index is 6.42. The second-order valence-electron chi connectivity index (χ2n) is 6.20. The number of nitrogens with two attached hydrogens (primary N) is 1. The molecule has 0 spiro atoms. The van der Waals surface area contributed by atoms with Crippen LogP contribution in [-0.4, -0.2) is 10.1 Å².